The first-order chi connectivity index (χ1) is 4.18. The van der Waals surface area contributed by atoms with Gasteiger partial charge in [-0.25, -0.2) is 5.90 Å². The first-order valence-corrected chi connectivity index (χ1v) is 2.48. The van der Waals surface area contributed by atoms with Gasteiger partial charge in [-0.1, -0.05) is 0 Å². The van der Waals surface area contributed by atoms with E-state index >= 15 is 0 Å². The number of aliphatic carboxylic acids is 1. The second kappa shape index (κ2) is 6.76. The number of carbonyl (C=O) groups is 1. The molecule has 0 rings (SSSR count). The van der Waals surface area contributed by atoms with E-state index in [2.05, 4.69) is 10.7 Å². The number of carboxylic acid groups (broad SMARTS) is 1. The van der Waals surface area contributed by atoms with Gasteiger partial charge in [-0.3, -0.25) is 4.79 Å². The first kappa shape index (κ1) is 12.3. The summed E-state index contributed by atoms with van der Waals surface area (Å²) in [6.45, 7) is 0.174. The van der Waals surface area contributed by atoms with Gasteiger partial charge >= 0.3 is 5.97 Å². The Labute approximate surface area is 64.7 Å². The summed E-state index contributed by atoms with van der Waals surface area (Å²) in [6, 6.07) is -0.867. The van der Waals surface area contributed by atoms with Crippen molar-refractivity contribution in [1.29, 1.82) is 0 Å². The van der Waals surface area contributed by atoms with E-state index in [1.165, 1.54) is 0 Å². The van der Waals surface area contributed by atoms with Crippen LogP contribution < -0.4 is 11.6 Å². The lowest BCUT2D eigenvalue weighted by molar-refractivity contribution is -0.139. The molecular formula is C4H11ClN2O3. The first-order valence-electron chi connectivity index (χ1n) is 2.48. The highest BCUT2D eigenvalue weighted by Crippen LogP contribution is 1.85. The molecule has 62 valence electrons. The molecular weight excluding hydrogens is 160 g/mol. The van der Waals surface area contributed by atoms with Crippen molar-refractivity contribution in [3.8, 4) is 0 Å². The van der Waals surface area contributed by atoms with Crippen LogP contribution in [0.5, 0.6) is 0 Å². The van der Waals surface area contributed by atoms with Crippen LogP contribution in [-0.2, 0) is 9.63 Å². The molecule has 5 nitrogen and oxygen atoms in total. The van der Waals surface area contributed by atoms with Gasteiger partial charge in [-0.05, 0) is 6.42 Å². The van der Waals surface area contributed by atoms with Crippen molar-refractivity contribution in [3.63, 3.8) is 0 Å². The van der Waals surface area contributed by atoms with Crippen molar-refractivity contribution in [2.45, 2.75) is 12.5 Å². The van der Waals surface area contributed by atoms with E-state index in [0.717, 1.165) is 0 Å². The Kier molecular flexibility index (Phi) is 8.33. The zero-order chi connectivity index (χ0) is 7.28. The Morgan fingerprint density at radius 1 is 1.70 bits per heavy atom. The molecule has 0 aliphatic rings. The maximum absolute atomic E-state index is 9.98. The Morgan fingerprint density at radius 2 is 2.20 bits per heavy atom. The summed E-state index contributed by atoms with van der Waals surface area (Å²) in [5.74, 6) is 3.59. The molecule has 0 fully saturated rings. The van der Waals surface area contributed by atoms with Crippen LogP contribution in [0.25, 0.3) is 0 Å². The summed E-state index contributed by atoms with van der Waals surface area (Å²) < 4.78 is 0. The van der Waals surface area contributed by atoms with Crippen molar-refractivity contribution in [2.24, 2.45) is 11.6 Å². The zero-order valence-corrected chi connectivity index (χ0v) is 6.13. The number of halogens is 1. The van der Waals surface area contributed by atoms with Gasteiger partial charge in [0.25, 0.3) is 0 Å². The van der Waals surface area contributed by atoms with E-state index in [-0.39, 0.29) is 25.4 Å². The van der Waals surface area contributed by atoms with Gasteiger partial charge in [0.15, 0.2) is 0 Å². The molecule has 6 heteroatoms. The topological polar surface area (TPSA) is 98.6 Å². The second-order valence-electron chi connectivity index (χ2n) is 1.60. The summed E-state index contributed by atoms with van der Waals surface area (Å²) in [5.41, 5.74) is 5.07. The monoisotopic (exact) mass is 170 g/mol. The maximum atomic E-state index is 9.98. The summed E-state index contributed by atoms with van der Waals surface area (Å²) in [5, 5.41) is 8.19. The average Bonchev–Trinajstić information content (AvgIpc) is 1.82. The van der Waals surface area contributed by atoms with E-state index in [1.807, 2.05) is 0 Å². The Morgan fingerprint density at radius 3 is 2.50 bits per heavy atom. The van der Waals surface area contributed by atoms with Crippen LogP contribution in [0.3, 0.4) is 0 Å². The predicted molar refractivity (Wildman–Crippen MR) is 37.6 cm³/mol. The van der Waals surface area contributed by atoms with Crippen LogP contribution in [0.1, 0.15) is 6.42 Å². The number of carboxylic acids is 1. The smallest absolute Gasteiger partial charge is 0.320 e. The summed E-state index contributed by atoms with van der Waals surface area (Å²) >= 11 is 0. The fourth-order valence-electron chi connectivity index (χ4n) is 0.318. The molecule has 0 heterocycles. The van der Waals surface area contributed by atoms with Gasteiger partial charge in [0.2, 0.25) is 0 Å². The molecule has 1 atom stereocenters. The molecule has 0 aliphatic heterocycles. The fraction of sp³-hybridized carbons (Fsp3) is 0.750. The quantitative estimate of drug-likeness (QED) is 0.475. The maximum Gasteiger partial charge on any atom is 0.320 e. The molecule has 0 aromatic heterocycles. The third kappa shape index (κ3) is 5.77. The predicted octanol–water partition coefficient (Wildman–Crippen LogP) is -0.899. The minimum atomic E-state index is -1.04. The van der Waals surface area contributed by atoms with Crippen molar-refractivity contribution in [3.05, 3.63) is 0 Å². The van der Waals surface area contributed by atoms with E-state index in [4.69, 9.17) is 10.8 Å². The molecule has 0 amide bonds. The highest BCUT2D eigenvalue weighted by Gasteiger charge is 2.09. The molecule has 0 aromatic carbocycles. The highest BCUT2D eigenvalue weighted by atomic mass is 35.5. The number of rotatable bonds is 4. The lowest BCUT2D eigenvalue weighted by atomic mass is 10.2. The van der Waals surface area contributed by atoms with Gasteiger partial charge in [0.05, 0.1) is 6.61 Å². The van der Waals surface area contributed by atoms with E-state index < -0.39 is 12.0 Å². The van der Waals surface area contributed by atoms with E-state index in [9.17, 15) is 4.79 Å². The SMILES string of the molecule is Cl.NOCC[C@@H](N)C(=O)O. The third-order valence-electron chi connectivity index (χ3n) is 0.864. The Hall–Kier alpha value is -0.360. The van der Waals surface area contributed by atoms with Crippen LogP contribution in [0.2, 0.25) is 0 Å². The summed E-state index contributed by atoms with van der Waals surface area (Å²) in [7, 11) is 0. The molecule has 0 saturated heterocycles. The fourth-order valence-corrected chi connectivity index (χ4v) is 0.318. The van der Waals surface area contributed by atoms with Crippen molar-refractivity contribution in [2.75, 3.05) is 6.61 Å². The van der Waals surface area contributed by atoms with Crippen LogP contribution >= 0.6 is 12.4 Å². The average molecular weight is 171 g/mol. The van der Waals surface area contributed by atoms with Crippen molar-refractivity contribution in [1.82, 2.24) is 0 Å². The molecule has 0 saturated carbocycles. The van der Waals surface area contributed by atoms with Gasteiger partial charge in [0, 0.05) is 0 Å². The minimum Gasteiger partial charge on any atom is -0.480 e. The molecule has 0 radical (unpaired) electrons. The van der Waals surface area contributed by atoms with Gasteiger partial charge in [-0.2, -0.15) is 0 Å². The largest absolute Gasteiger partial charge is 0.480 e. The van der Waals surface area contributed by atoms with Gasteiger partial charge < -0.3 is 15.7 Å². The Bertz CT molecular complexity index is 101. The molecule has 0 bridgehead atoms. The molecule has 10 heavy (non-hydrogen) atoms. The van der Waals surface area contributed by atoms with Crippen LogP contribution in [0.4, 0.5) is 0 Å². The van der Waals surface area contributed by atoms with Crippen molar-refractivity contribution >= 4 is 18.4 Å². The van der Waals surface area contributed by atoms with Gasteiger partial charge in [-0.15, -0.1) is 12.4 Å². The van der Waals surface area contributed by atoms with E-state index in [0.29, 0.717) is 0 Å². The van der Waals surface area contributed by atoms with Crippen molar-refractivity contribution < 1.29 is 14.7 Å². The molecule has 0 aromatic rings. The van der Waals surface area contributed by atoms with Crippen LogP contribution in [-0.4, -0.2) is 23.7 Å². The van der Waals surface area contributed by atoms with Crippen LogP contribution in [0.15, 0.2) is 0 Å². The third-order valence-corrected chi connectivity index (χ3v) is 0.864. The summed E-state index contributed by atoms with van der Waals surface area (Å²) in [6.07, 6.45) is 0.242. The molecule has 0 spiro atoms. The lowest BCUT2D eigenvalue weighted by Gasteiger charge is -2.02. The normalized spacial score (nSPS) is 11.8. The molecule has 0 unspecified atom stereocenters. The molecule has 5 N–H and O–H groups in total. The zero-order valence-electron chi connectivity index (χ0n) is 5.32. The number of hydrogen-bond donors (Lipinski definition) is 3. The lowest BCUT2D eigenvalue weighted by Crippen LogP contribution is -2.31. The Balaban J connectivity index is 0. The van der Waals surface area contributed by atoms with Gasteiger partial charge in [0.1, 0.15) is 6.04 Å². The van der Waals surface area contributed by atoms with E-state index in [1.54, 1.807) is 0 Å². The standard InChI is InChI=1S/C4H10N2O3.ClH/c5-3(4(7)8)1-2-9-6;/h3H,1-2,5-6H2,(H,7,8);1H/t3-;/m1./s1. The number of hydrogen-bond acceptors (Lipinski definition) is 4. The molecule has 0 aliphatic carbocycles. The minimum absolute atomic E-state index is 0. The van der Waals surface area contributed by atoms with Crippen LogP contribution in [0, 0.1) is 0 Å². The summed E-state index contributed by atoms with van der Waals surface area (Å²) in [4.78, 5) is 14.1. The highest BCUT2D eigenvalue weighted by molar-refractivity contribution is 5.85. The number of nitrogens with two attached hydrogens (primary N) is 2. The second-order valence-corrected chi connectivity index (χ2v) is 1.60.